The maximum Gasteiger partial charge on any atom is 0.141 e. The maximum atomic E-state index is 4.44. The maximum absolute atomic E-state index is 4.44. The first-order valence-electron chi connectivity index (χ1n) is 5.46. The molecular formula is C11H16N4S. The minimum absolute atomic E-state index is 0.875. The molecule has 0 aliphatic heterocycles. The third-order valence-electron chi connectivity index (χ3n) is 2.28. The van der Waals surface area contributed by atoms with Crippen molar-refractivity contribution in [3.8, 4) is 10.7 Å². The van der Waals surface area contributed by atoms with Crippen molar-refractivity contribution in [3.05, 3.63) is 23.3 Å². The average Bonchev–Trinajstić information content (AvgIpc) is 2.87. The minimum Gasteiger partial charge on any atom is -0.315 e. The van der Waals surface area contributed by atoms with Crippen LogP contribution >= 0.6 is 11.3 Å². The van der Waals surface area contributed by atoms with E-state index >= 15 is 0 Å². The SMILES string of the molecule is CCCn1nccc1-c1ncc(CNC)s1. The summed E-state index contributed by atoms with van der Waals surface area (Å²) in [4.78, 5) is 5.69. The Morgan fingerprint density at radius 3 is 3.12 bits per heavy atom. The van der Waals surface area contributed by atoms with E-state index in [1.54, 1.807) is 11.3 Å². The topological polar surface area (TPSA) is 42.7 Å². The Balaban J connectivity index is 2.24. The van der Waals surface area contributed by atoms with Crippen LogP contribution in [0.25, 0.3) is 10.7 Å². The van der Waals surface area contributed by atoms with Crippen LogP contribution in [0.15, 0.2) is 18.5 Å². The highest BCUT2D eigenvalue weighted by Gasteiger charge is 2.09. The van der Waals surface area contributed by atoms with Gasteiger partial charge in [0.2, 0.25) is 0 Å². The molecule has 0 saturated carbocycles. The predicted molar refractivity (Wildman–Crippen MR) is 66.4 cm³/mol. The molecule has 0 unspecified atom stereocenters. The summed E-state index contributed by atoms with van der Waals surface area (Å²) in [6.07, 6.45) is 4.85. The van der Waals surface area contributed by atoms with Gasteiger partial charge in [0.1, 0.15) is 5.01 Å². The van der Waals surface area contributed by atoms with Crippen LogP contribution in [0.3, 0.4) is 0 Å². The van der Waals surface area contributed by atoms with Gasteiger partial charge in [0, 0.05) is 30.4 Å². The molecule has 4 nitrogen and oxygen atoms in total. The summed E-state index contributed by atoms with van der Waals surface area (Å²) in [5, 5.41) is 8.49. The van der Waals surface area contributed by atoms with Crippen LogP contribution in [0.4, 0.5) is 0 Å². The van der Waals surface area contributed by atoms with Gasteiger partial charge in [-0.05, 0) is 19.5 Å². The summed E-state index contributed by atoms with van der Waals surface area (Å²) in [7, 11) is 1.95. The normalized spacial score (nSPS) is 10.9. The first-order chi connectivity index (χ1) is 7.85. The molecule has 0 saturated heterocycles. The number of thiazole rings is 1. The van der Waals surface area contributed by atoms with Crippen LogP contribution < -0.4 is 5.32 Å². The largest absolute Gasteiger partial charge is 0.315 e. The Kier molecular flexibility index (Phi) is 3.69. The van der Waals surface area contributed by atoms with Crippen molar-refractivity contribution < 1.29 is 0 Å². The summed E-state index contributed by atoms with van der Waals surface area (Å²) in [6.45, 7) is 3.97. The van der Waals surface area contributed by atoms with Gasteiger partial charge in [-0.25, -0.2) is 4.98 Å². The van der Waals surface area contributed by atoms with Gasteiger partial charge in [-0.2, -0.15) is 5.10 Å². The van der Waals surface area contributed by atoms with Gasteiger partial charge in [-0.3, -0.25) is 4.68 Å². The molecule has 16 heavy (non-hydrogen) atoms. The Morgan fingerprint density at radius 1 is 1.50 bits per heavy atom. The summed E-state index contributed by atoms with van der Waals surface area (Å²) in [6, 6.07) is 2.03. The second kappa shape index (κ2) is 5.23. The number of aromatic nitrogens is 3. The van der Waals surface area contributed by atoms with Crippen molar-refractivity contribution >= 4 is 11.3 Å². The molecular weight excluding hydrogens is 220 g/mol. The Morgan fingerprint density at radius 2 is 2.38 bits per heavy atom. The van der Waals surface area contributed by atoms with Crippen LogP contribution in [-0.2, 0) is 13.1 Å². The average molecular weight is 236 g/mol. The number of aryl methyl sites for hydroxylation is 1. The smallest absolute Gasteiger partial charge is 0.141 e. The van der Waals surface area contributed by atoms with E-state index in [1.807, 2.05) is 30.2 Å². The highest BCUT2D eigenvalue weighted by Crippen LogP contribution is 2.24. The van der Waals surface area contributed by atoms with Crippen LogP contribution in [0.1, 0.15) is 18.2 Å². The van der Waals surface area contributed by atoms with Crippen molar-refractivity contribution in [1.29, 1.82) is 0 Å². The first kappa shape index (κ1) is 11.3. The number of nitrogens with one attached hydrogen (secondary N) is 1. The zero-order valence-corrected chi connectivity index (χ0v) is 10.4. The van der Waals surface area contributed by atoms with Crippen LogP contribution in [0.2, 0.25) is 0 Å². The van der Waals surface area contributed by atoms with E-state index in [-0.39, 0.29) is 0 Å². The predicted octanol–water partition coefficient (Wildman–Crippen LogP) is 2.14. The van der Waals surface area contributed by atoms with E-state index in [0.717, 1.165) is 30.2 Å². The van der Waals surface area contributed by atoms with E-state index in [1.165, 1.54) is 4.88 Å². The highest BCUT2D eigenvalue weighted by atomic mass is 32.1. The molecule has 86 valence electrons. The molecule has 0 bridgehead atoms. The van der Waals surface area contributed by atoms with Crippen LogP contribution in [0.5, 0.6) is 0 Å². The van der Waals surface area contributed by atoms with Gasteiger partial charge in [0.05, 0.1) is 5.69 Å². The standard InChI is InChI=1S/C11H16N4S/c1-3-6-15-10(4-5-14-15)11-13-8-9(16-11)7-12-2/h4-5,8,12H,3,6-7H2,1-2H3. The molecule has 0 radical (unpaired) electrons. The molecule has 2 aromatic rings. The molecule has 0 aliphatic rings. The fourth-order valence-electron chi connectivity index (χ4n) is 1.59. The molecule has 0 fully saturated rings. The molecule has 0 aromatic carbocycles. The molecule has 1 N–H and O–H groups in total. The van der Waals surface area contributed by atoms with Crippen molar-refractivity contribution in [2.45, 2.75) is 26.4 Å². The lowest BCUT2D eigenvalue weighted by Gasteiger charge is -2.02. The van der Waals surface area contributed by atoms with Gasteiger partial charge in [0.15, 0.2) is 0 Å². The zero-order valence-electron chi connectivity index (χ0n) is 9.60. The lowest BCUT2D eigenvalue weighted by atomic mass is 10.4. The fraction of sp³-hybridized carbons (Fsp3) is 0.455. The van der Waals surface area contributed by atoms with E-state index in [9.17, 15) is 0 Å². The van der Waals surface area contributed by atoms with E-state index < -0.39 is 0 Å². The number of hydrogen-bond acceptors (Lipinski definition) is 4. The van der Waals surface area contributed by atoms with Crippen LogP contribution in [-0.4, -0.2) is 21.8 Å². The molecule has 0 atom stereocenters. The number of nitrogens with zero attached hydrogens (tertiary/aromatic N) is 3. The fourth-order valence-corrected chi connectivity index (χ4v) is 2.54. The number of hydrogen-bond donors (Lipinski definition) is 1. The lowest BCUT2D eigenvalue weighted by molar-refractivity contribution is 0.609. The van der Waals surface area contributed by atoms with E-state index in [2.05, 4.69) is 22.3 Å². The lowest BCUT2D eigenvalue weighted by Crippen LogP contribution is -2.02. The summed E-state index contributed by atoms with van der Waals surface area (Å²) in [5.74, 6) is 0. The van der Waals surface area contributed by atoms with Crippen molar-refractivity contribution in [3.63, 3.8) is 0 Å². The third-order valence-corrected chi connectivity index (χ3v) is 3.30. The second-order valence-corrected chi connectivity index (χ2v) is 4.72. The third kappa shape index (κ3) is 2.31. The van der Waals surface area contributed by atoms with Crippen molar-refractivity contribution in [2.75, 3.05) is 7.05 Å². The van der Waals surface area contributed by atoms with E-state index in [4.69, 9.17) is 0 Å². The Hall–Kier alpha value is -1.20. The molecule has 2 aromatic heterocycles. The van der Waals surface area contributed by atoms with Crippen LogP contribution in [0, 0.1) is 0 Å². The van der Waals surface area contributed by atoms with Crippen molar-refractivity contribution in [2.24, 2.45) is 0 Å². The molecule has 0 spiro atoms. The van der Waals surface area contributed by atoms with Gasteiger partial charge < -0.3 is 5.32 Å². The highest BCUT2D eigenvalue weighted by molar-refractivity contribution is 7.15. The van der Waals surface area contributed by atoms with Gasteiger partial charge >= 0.3 is 0 Å². The Labute approximate surface area is 99.3 Å². The molecule has 5 heteroatoms. The zero-order chi connectivity index (χ0) is 11.4. The summed E-state index contributed by atoms with van der Waals surface area (Å²) < 4.78 is 2.02. The van der Waals surface area contributed by atoms with Gasteiger partial charge in [-0.15, -0.1) is 11.3 Å². The molecule has 2 heterocycles. The van der Waals surface area contributed by atoms with E-state index in [0.29, 0.717) is 0 Å². The van der Waals surface area contributed by atoms with Gasteiger partial charge in [-0.1, -0.05) is 6.92 Å². The monoisotopic (exact) mass is 236 g/mol. The second-order valence-electron chi connectivity index (χ2n) is 3.60. The van der Waals surface area contributed by atoms with Gasteiger partial charge in [0.25, 0.3) is 0 Å². The molecule has 0 aliphatic carbocycles. The quantitative estimate of drug-likeness (QED) is 0.865. The molecule has 0 amide bonds. The van der Waals surface area contributed by atoms with Crippen molar-refractivity contribution in [1.82, 2.24) is 20.1 Å². The number of rotatable bonds is 5. The Bertz CT molecular complexity index is 446. The minimum atomic E-state index is 0.875. The summed E-state index contributed by atoms with van der Waals surface area (Å²) in [5.41, 5.74) is 1.12. The summed E-state index contributed by atoms with van der Waals surface area (Å²) >= 11 is 1.72. The molecule has 2 rings (SSSR count). The first-order valence-corrected chi connectivity index (χ1v) is 6.28.